The van der Waals surface area contributed by atoms with Crippen molar-refractivity contribution in [1.82, 2.24) is 0 Å². The second-order valence-corrected chi connectivity index (χ2v) is 3.57. The van der Waals surface area contributed by atoms with Gasteiger partial charge in [-0.05, 0) is 19.4 Å². The highest BCUT2D eigenvalue weighted by atomic mass is 16.5. The highest BCUT2D eigenvalue weighted by Crippen LogP contribution is 1.92. The van der Waals surface area contributed by atoms with Gasteiger partial charge in [-0.2, -0.15) is 4.57 Å². The van der Waals surface area contributed by atoms with Crippen LogP contribution in [0.15, 0.2) is 24.5 Å². The summed E-state index contributed by atoms with van der Waals surface area (Å²) in [5, 5.41) is 0. The number of aryl methyl sites for hydroxylation is 1. The van der Waals surface area contributed by atoms with Crippen molar-refractivity contribution >= 4 is 11.8 Å². The van der Waals surface area contributed by atoms with Crippen molar-refractivity contribution in [3.05, 3.63) is 30.1 Å². The Kier molecular flexibility index (Phi) is 4.64. The maximum atomic E-state index is 11.5. The largest absolute Gasteiger partial charge is 0.466 e. The molecule has 0 amide bonds. The van der Waals surface area contributed by atoms with Gasteiger partial charge in [0, 0.05) is 12.1 Å². The molecule has 1 aromatic heterocycles. The number of pyridine rings is 1. The van der Waals surface area contributed by atoms with Crippen molar-refractivity contribution in [1.29, 1.82) is 0 Å². The third-order valence-electron chi connectivity index (χ3n) is 2.06. The first-order chi connectivity index (χ1) is 7.61. The lowest BCUT2D eigenvalue weighted by Gasteiger charge is -1.99. The van der Waals surface area contributed by atoms with Gasteiger partial charge in [-0.3, -0.25) is 9.59 Å². The second kappa shape index (κ2) is 6.00. The third-order valence-corrected chi connectivity index (χ3v) is 2.06. The maximum absolute atomic E-state index is 11.5. The van der Waals surface area contributed by atoms with Crippen LogP contribution in [0.4, 0.5) is 0 Å². The molecule has 0 aliphatic rings. The van der Waals surface area contributed by atoms with E-state index < -0.39 is 5.97 Å². The van der Waals surface area contributed by atoms with Crippen LogP contribution in [0.25, 0.3) is 0 Å². The fraction of sp³-hybridized carbons (Fsp3) is 0.417. The first kappa shape index (κ1) is 12.4. The standard InChI is InChI=1S/C12H16NO3/c1-3-16-12(15)8-11(14)9-13-6-4-10(2)5-7-13/h4-7H,3,8-9H2,1-2H3/q+1. The molecule has 0 spiro atoms. The van der Waals surface area contributed by atoms with Crippen LogP contribution in [0.1, 0.15) is 18.9 Å². The van der Waals surface area contributed by atoms with Crippen LogP contribution >= 0.6 is 0 Å². The fourth-order valence-electron chi connectivity index (χ4n) is 1.27. The van der Waals surface area contributed by atoms with Gasteiger partial charge in [0.05, 0.1) is 6.61 Å². The number of Topliss-reactive ketones (excluding diaryl/α,β-unsaturated/α-hetero) is 1. The average Bonchev–Trinajstić information content (AvgIpc) is 2.21. The molecule has 4 nitrogen and oxygen atoms in total. The van der Waals surface area contributed by atoms with Gasteiger partial charge in [-0.1, -0.05) is 0 Å². The normalized spacial score (nSPS) is 9.88. The van der Waals surface area contributed by atoms with Gasteiger partial charge in [0.2, 0.25) is 12.3 Å². The molecule has 0 fully saturated rings. The van der Waals surface area contributed by atoms with E-state index in [1.807, 2.05) is 31.5 Å². The molecule has 1 aromatic rings. The van der Waals surface area contributed by atoms with E-state index in [4.69, 9.17) is 4.74 Å². The van der Waals surface area contributed by atoms with Gasteiger partial charge < -0.3 is 4.74 Å². The second-order valence-electron chi connectivity index (χ2n) is 3.57. The van der Waals surface area contributed by atoms with E-state index in [1.54, 1.807) is 11.5 Å². The number of nitrogens with zero attached hydrogens (tertiary/aromatic N) is 1. The number of hydrogen-bond donors (Lipinski definition) is 0. The molecule has 4 heteroatoms. The van der Waals surface area contributed by atoms with Crippen molar-refractivity contribution < 1.29 is 18.9 Å². The van der Waals surface area contributed by atoms with Crippen molar-refractivity contribution in [3.8, 4) is 0 Å². The molecule has 0 bridgehead atoms. The highest BCUT2D eigenvalue weighted by molar-refractivity contribution is 5.94. The molecule has 86 valence electrons. The molecule has 1 heterocycles. The zero-order chi connectivity index (χ0) is 12.0. The quantitative estimate of drug-likeness (QED) is 0.420. The molecule has 1 rings (SSSR count). The Bertz CT molecular complexity index is 370. The number of aromatic nitrogens is 1. The summed E-state index contributed by atoms with van der Waals surface area (Å²) in [7, 11) is 0. The SMILES string of the molecule is CCOC(=O)CC(=O)C[n+]1ccc(C)cc1. The number of ether oxygens (including phenoxy) is 1. The van der Waals surface area contributed by atoms with Gasteiger partial charge in [0.25, 0.3) is 0 Å². The molecular formula is C12H16NO3+. The molecule has 16 heavy (non-hydrogen) atoms. The van der Waals surface area contributed by atoms with Crippen LogP contribution in [-0.4, -0.2) is 18.4 Å². The van der Waals surface area contributed by atoms with E-state index in [0.717, 1.165) is 5.56 Å². The molecular weight excluding hydrogens is 206 g/mol. The lowest BCUT2D eigenvalue weighted by atomic mass is 10.2. The molecule has 0 N–H and O–H groups in total. The van der Waals surface area contributed by atoms with E-state index in [2.05, 4.69) is 0 Å². The Morgan fingerprint density at radius 1 is 1.31 bits per heavy atom. The number of rotatable bonds is 5. The molecule has 0 aliphatic carbocycles. The number of esters is 1. The lowest BCUT2D eigenvalue weighted by Crippen LogP contribution is -2.37. The number of carbonyl (C=O) groups excluding carboxylic acids is 2. The summed E-state index contributed by atoms with van der Waals surface area (Å²) >= 11 is 0. The average molecular weight is 222 g/mol. The minimum absolute atomic E-state index is 0.146. The molecule has 0 atom stereocenters. The predicted molar refractivity (Wildman–Crippen MR) is 57.6 cm³/mol. The van der Waals surface area contributed by atoms with Gasteiger partial charge in [0.15, 0.2) is 12.4 Å². The van der Waals surface area contributed by atoms with Gasteiger partial charge >= 0.3 is 5.97 Å². The zero-order valence-electron chi connectivity index (χ0n) is 9.60. The van der Waals surface area contributed by atoms with E-state index in [9.17, 15) is 9.59 Å². The van der Waals surface area contributed by atoms with Crippen molar-refractivity contribution in [3.63, 3.8) is 0 Å². The molecule has 0 aromatic carbocycles. The van der Waals surface area contributed by atoms with Crippen LogP contribution in [0.2, 0.25) is 0 Å². The summed E-state index contributed by atoms with van der Waals surface area (Å²) in [4.78, 5) is 22.5. The van der Waals surface area contributed by atoms with Gasteiger partial charge in [-0.25, -0.2) is 0 Å². The smallest absolute Gasteiger partial charge is 0.313 e. The highest BCUT2D eigenvalue weighted by Gasteiger charge is 2.14. The summed E-state index contributed by atoms with van der Waals surface area (Å²) < 4.78 is 6.44. The number of hydrogen-bond acceptors (Lipinski definition) is 3. The first-order valence-electron chi connectivity index (χ1n) is 5.25. The minimum Gasteiger partial charge on any atom is -0.466 e. The van der Waals surface area contributed by atoms with Crippen molar-refractivity contribution in [2.75, 3.05) is 6.61 Å². The van der Waals surface area contributed by atoms with Crippen LogP contribution in [0.3, 0.4) is 0 Å². The fourth-order valence-corrected chi connectivity index (χ4v) is 1.27. The third kappa shape index (κ3) is 4.21. The van der Waals surface area contributed by atoms with E-state index in [1.165, 1.54) is 0 Å². The Morgan fingerprint density at radius 3 is 2.50 bits per heavy atom. The van der Waals surface area contributed by atoms with Crippen molar-refractivity contribution in [2.45, 2.75) is 26.8 Å². The van der Waals surface area contributed by atoms with Crippen LogP contribution < -0.4 is 4.57 Å². The maximum Gasteiger partial charge on any atom is 0.313 e. The Hall–Kier alpha value is -1.71. The van der Waals surface area contributed by atoms with E-state index in [-0.39, 0.29) is 18.7 Å². The first-order valence-corrected chi connectivity index (χ1v) is 5.25. The Labute approximate surface area is 94.9 Å². The van der Waals surface area contributed by atoms with Gasteiger partial charge in [0.1, 0.15) is 6.42 Å². The summed E-state index contributed by atoms with van der Waals surface area (Å²) in [5.41, 5.74) is 1.13. The topological polar surface area (TPSA) is 47.3 Å². The number of carbonyl (C=O) groups is 2. The van der Waals surface area contributed by atoms with Crippen LogP contribution in [-0.2, 0) is 20.9 Å². The molecule has 0 radical (unpaired) electrons. The minimum atomic E-state index is -0.458. The molecule has 0 aliphatic heterocycles. The van der Waals surface area contributed by atoms with Crippen molar-refractivity contribution in [2.24, 2.45) is 0 Å². The van der Waals surface area contributed by atoms with Crippen LogP contribution in [0.5, 0.6) is 0 Å². The summed E-state index contributed by atoms with van der Waals surface area (Å²) in [6, 6.07) is 3.83. The number of ketones is 1. The Balaban J connectivity index is 2.45. The monoisotopic (exact) mass is 222 g/mol. The van der Waals surface area contributed by atoms with Gasteiger partial charge in [-0.15, -0.1) is 0 Å². The Morgan fingerprint density at radius 2 is 1.94 bits per heavy atom. The van der Waals surface area contributed by atoms with E-state index >= 15 is 0 Å². The summed E-state index contributed by atoms with van der Waals surface area (Å²) in [5.74, 6) is -0.604. The van der Waals surface area contributed by atoms with Crippen LogP contribution in [0, 0.1) is 6.92 Å². The lowest BCUT2D eigenvalue weighted by molar-refractivity contribution is -0.684. The predicted octanol–water partition coefficient (Wildman–Crippen LogP) is 0.805. The summed E-state index contributed by atoms with van der Waals surface area (Å²) in [6.07, 6.45) is 3.48. The van der Waals surface area contributed by atoms with E-state index in [0.29, 0.717) is 6.61 Å². The summed E-state index contributed by atoms with van der Waals surface area (Å²) in [6.45, 7) is 4.21. The molecule has 0 saturated heterocycles. The molecule has 0 unspecified atom stereocenters. The molecule has 0 saturated carbocycles. The zero-order valence-corrected chi connectivity index (χ0v) is 9.60.